The zero-order chi connectivity index (χ0) is 20.8. The van der Waals surface area contributed by atoms with Gasteiger partial charge in [-0.25, -0.2) is 4.79 Å². The predicted molar refractivity (Wildman–Crippen MR) is 98.7 cm³/mol. The van der Waals surface area contributed by atoms with Crippen molar-refractivity contribution in [1.29, 1.82) is 5.41 Å². The Labute approximate surface area is 165 Å². The number of thiophene rings is 1. The molecule has 2 aliphatic rings. The summed E-state index contributed by atoms with van der Waals surface area (Å²) in [5.41, 5.74) is 6.69. The number of hydroxylamine groups is 2. The first-order chi connectivity index (χ1) is 13.0. The van der Waals surface area contributed by atoms with Crippen LogP contribution in [0.2, 0.25) is 0 Å². The van der Waals surface area contributed by atoms with Crippen LogP contribution in [0.1, 0.15) is 28.1 Å². The fourth-order valence-electron chi connectivity index (χ4n) is 3.36. The SMILES string of the molecule is CN(C)C(=O)C1c2c(CCNC(=N)N)csc2[C@@H]2CN1C(=O)N2OS(=O)(=O)O. The van der Waals surface area contributed by atoms with E-state index >= 15 is 0 Å². The molecule has 1 fully saturated rings. The van der Waals surface area contributed by atoms with Crippen molar-refractivity contribution in [3.8, 4) is 0 Å². The van der Waals surface area contributed by atoms with E-state index in [9.17, 15) is 18.0 Å². The molecule has 14 heteroatoms. The number of hydrogen-bond donors (Lipinski definition) is 4. The van der Waals surface area contributed by atoms with Gasteiger partial charge in [-0.1, -0.05) is 0 Å². The predicted octanol–water partition coefficient (Wildman–Crippen LogP) is -0.570. The third-order valence-electron chi connectivity index (χ3n) is 4.47. The lowest BCUT2D eigenvalue weighted by atomic mass is 9.93. The first kappa shape index (κ1) is 20.3. The van der Waals surface area contributed by atoms with E-state index in [-0.39, 0.29) is 18.4 Å². The van der Waals surface area contributed by atoms with E-state index in [0.29, 0.717) is 28.5 Å². The Balaban J connectivity index is 2.03. The normalized spacial score (nSPS) is 20.9. The largest absolute Gasteiger partial charge is 0.418 e. The number of urea groups is 1. The third-order valence-corrected chi connectivity index (χ3v) is 5.97. The molecular formula is C14H20N6O6S2. The molecule has 2 bridgehead atoms. The molecule has 3 amide bonds. The van der Waals surface area contributed by atoms with E-state index in [1.54, 1.807) is 14.1 Å². The van der Waals surface area contributed by atoms with Crippen LogP contribution in [0.15, 0.2) is 5.38 Å². The smallest absolute Gasteiger partial charge is 0.370 e. The minimum atomic E-state index is -4.91. The Morgan fingerprint density at radius 1 is 1.54 bits per heavy atom. The second-order valence-electron chi connectivity index (χ2n) is 6.54. The van der Waals surface area contributed by atoms with Gasteiger partial charge in [0.1, 0.15) is 12.1 Å². The van der Waals surface area contributed by atoms with Crippen LogP contribution < -0.4 is 11.1 Å². The van der Waals surface area contributed by atoms with E-state index in [2.05, 4.69) is 9.60 Å². The number of carbonyl (C=O) groups is 2. The molecule has 28 heavy (non-hydrogen) atoms. The highest BCUT2D eigenvalue weighted by Crippen LogP contribution is 2.48. The van der Waals surface area contributed by atoms with Gasteiger partial charge >= 0.3 is 16.4 Å². The lowest BCUT2D eigenvalue weighted by molar-refractivity contribution is -0.133. The highest BCUT2D eigenvalue weighted by atomic mass is 32.3. The molecule has 1 aromatic heterocycles. The van der Waals surface area contributed by atoms with Gasteiger partial charge in [-0.2, -0.15) is 13.5 Å². The average Bonchev–Trinajstić information content (AvgIpc) is 3.10. The lowest BCUT2D eigenvalue weighted by Crippen LogP contribution is -2.43. The zero-order valence-electron chi connectivity index (χ0n) is 15.1. The molecule has 1 unspecified atom stereocenters. The molecule has 2 atom stereocenters. The Kier molecular flexibility index (Phi) is 5.22. The van der Waals surface area contributed by atoms with Crippen LogP contribution in [0.25, 0.3) is 0 Å². The third kappa shape index (κ3) is 3.63. The quantitative estimate of drug-likeness (QED) is 0.263. The fourth-order valence-corrected chi connectivity index (χ4v) is 4.94. The molecule has 0 spiro atoms. The van der Waals surface area contributed by atoms with Crippen LogP contribution in [0.5, 0.6) is 0 Å². The van der Waals surface area contributed by atoms with Crippen molar-refractivity contribution in [3.63, 3.8) is 0 Å². The van der Waals surface area contributed by atoms with Gasteiger partial charge in [0, 0.05) is 31.1 Å². The van der Waals surface area contributed by atoms with Gasteiger partial charge < -0.3 is 20.9 Å². The minimum Gasteiger partial charge on any atom is -0.370 e. The maximum atomic E-state index is 12.9. The monoisotopic (exact) mass is 432 g/mol. The second-order valence-corrected chi connectivity index (χ2v) is 8.46. The van der Waals surface area contributed by atoms with Gasteiger partial charge in [-0.15, -0.1) is 15.6 Å². The maximum absolute atomic E-state index is 12.9. The minimum absolute atomic E-state index is 0.0528. The Bertz CT molecular complexity index is 929. The molecule has 0 aliphatic carbocycles. The maximum Gasteiger partial charge on any atom is 0.418 e. The summed E-state index contributed by atoms with van der Waals surface area (Å²) in [5, 5.41) is 12.3. The molecule has 1 saturated heterocycles. The van der Waals surface area contributed by atoms with Crippen molar-refractivity contribution in [2.45, 2.75) is 18.5 Å². The molecule has 3 rings (SSSR count). The van der Waals surface area contributed by atoms with Crippen LogP contribution in [0, 0.1) is 5.41 Å². The average molecular weight is 432 g/mol. The summed E-state index contributed by atoms with van der Waals surface area (Å²) in [6, 6.07) is -2.53. The summed E-state index contributed by atoms with van der Waals surface area (Å²) < 4.78 is 35.9. The number of likely N-dealkylation sites (N-methyl/N-ethyl adjacent to an activating group) is 1. The van der Waals surface area contributed by atoms with Gasteiger partial charge in [-0.3, -0.25) is 14.8 Å². The summed E-state index contributed by atoms with van der Waals surface area (Å²) in [5.74, 6) is -0.530. The zero-order valence-corrected chi connectivity index (χ0v) is 16.7. The number of carbonyl (C=O) groups excluding carboxylic acids is 2. The summed E-state index contributed by atoms with van der Waals surface area (Å²) >= 11 is 1.27. The van der Waals surface area contributed by atoms with E-state index < -0.39 is 28.5 Å². The number of rotatable bonds is 6. The standard InChI is InChI=1S/C14H20N6O6S2/c1-18(2)12(21)10-9-7(3-4-17-13(15)16)6-27-11(9)8-5-19(10)14(22)20(8)26-28(23,24)25/h6,8,10H,3-5H2,1-2H3,(H4,15,16,17)(H,23,24,25)/t8-,10?/m0/s1. The van der Waals surface area contributed by atoms with Crippen molar-refractivity contribution >= 4 is 39.6 Å². The molecule has 154 valence electrons. The number of hydrogen-bond acceptors (Lipinski definition) is 7. The van der Waals surface area contributed by atoms with Crippen molar-refractivity contribution in [2.24, 2.45) is 5.73 Å². The first-order valence-corrected chi connectivity index (χ1v) is 10.4. The van der Waals surface area contributed by atoms with Gasteiger partial charge in [-0.05, 0) is 17.4 Å². The number of nitrogens with two attached hydrogens (primary N) is 1. The van der Waals surface area contributed by atoms with Crippen molar-refractivity contribution in [1.82, 2.24) is 20.2 Å². The molecule has 5 N–H and O–H groups in total. The lowest BCUT2D eigenvalue weighted by Gasteiger charge is -2.32. The van der Waals surface area contributed by atoms with Crippen molar-refractivity contribution < 1.29 is 26.8 Å². The molecule has 0 saturated carbocycles. The number of nitrogens with zero attached hydrogens (tertiary/aromatic N) is 3. The topological polar surface area (TPSA) is 169 Å². The highest BCUT2D eigenvalue weighted by molar-refractivity contribution is 7.80. The van der Waals surface area contributed by atoms with Crippen molar-refractivity contribution in [3.05, 3.63) is 21.4 Å². The second kappa shape index (κ2) is 7.20. The molecule has 3 heterocycles. The van der Waals surface area contributed by atoms with Gasteiger partial charge in [0.05, 0.1) is 6.54 Å². The summed E-state index contributed by atoms with van der Waals surface area (Å²) in [6.07, 6.45) is 0.441. The molecular weight excluding hydrogens is 412 g/mol. The Hall–Kier alpha value is -2.42. The first-order valence-electron chi connectivity index (χ1n) is 8.17. The van der Waals surface area contributed by atoms with E-state index in [1.807, 2.05) is 5.38 Å². The Morgan fingerprint density at radius 2 is 2.21 bits per heavy atom. The number of amides is 3. The van der Waals surface area contributed by atoms with Crippen molar-refractivity contribution in [2.75, 3.05) is 27.2 Å². The van der Waals surface area contributed by atoms with Crippen LogP contribution in [0.4, 0.5) is 4.79 Å². The van der Waals surface area contributed by atoms with E-state index in [0.717, 1.165) is 5.56 Å². The molecule has 0 radical (unpaired) electrons. The number of nitrogens with one attached hydrogen (secondary N) is 2. The summed E-state index contributed by atoms with van der Waals surface area (Å²) in [4.78, 5) is 28.8. The number of fused-ring (bicyclic) bond motifs is 4. The highest BCUT2D eigenvalue weighted by Gasteiger charge is 2.53. The van der Waals surface area contributed by atoms with Crippen LogP contribution >= 0.6 is 11.3 Å². The molecule has 0 aromatic carbocycles. The van der Waals surface area contributed by atoms with E-state index in [1.165, 1.54) is 21.1 Å². The molecule has 1 aromatic rings. The number of guanidine groups is 1. The van der Waals surface area contributed by atoms with Gasteiger partial charge in [0.15, 0.2) is 5.96 Å². The van der Waals surface area contributed by atoms with Crippen LogP contribution in [-0.4, -0.2) is 72.9 Å². The fraction of sp³-hybridized carbons (Fsp3) is 0.500. The Morgan fingerprint density at radius 3 is 2.79 bits per heavy atom. The van der Waals surface area contributed by atoms with Crippen LogP contribution in [-0.2, 0) is 25.9 Å². The molecule has 12 nitrogen and oxygen atoms in total. The van der Waals surface area contributed by atoms with Crippen LogP contribution in [0.3, 0.4) is 0 Å². The van der Waals surface area contributed by atoms with Gasteiger partial charge in [0.25, 0.3) is 0 Å². The van der Waals surface area contributed by atoms with E-state index in [4.69, 9.17) is 15.7 Å². The summed E-state index contributed by atoms with van der Waals surface area (Å²) in [7, 11) is -1.79. The summed E-state index contributed by atoms with van der Waals surface area (Å²) in [6.45, 7) is 0.405. The van der Waals surface area contributed by atoms with Gasteiger partial charge in [0.2, 0.25) is 5.91 Å². The molecule has 2 aliphatic heterocycles.